The van der Waals surface area contributed by atoms with Gasteiger partial charge in [0.1, 0.15) is 18.5 Å². The van der Waals surface area contributed by atoms with Gasteiger partial charge in [-0.2, -0.15) is 0 Å². The summed E-state index contributed by atoms with van der Waals surface area (Å²) >= 11 is 0. The minimum atomic E-state index is -1.03. The number of amides is 4. The van der Waals surface area contributed by atoms with Crippen molar-refractivity contribution in [2.75, 3.05) is 25.0 Å². The Hall–Kier alpha value is -4.73. The molecule has 0 aromatic heterocycles. The number of nitrogens with one attached hydrogen (secondary N) is 2. The van der Waals surface area contributed by atoms with Crippen LogP contribution in [0.2, 0.25) is 0 Å². The van der Waals surface area contributed by atoms with E-state index in [-0.39, 0.29) is 44.0 Å². The van der Waals surface area contributed by atoms with Crippen molar-refractivity contribution in [2.45, 2.75) is 26.1 Å². The van der Waals surface area contributed by atoms with Crippen LogP contribution in [0.1, 0.15) is 28.4 Å². The number of anilines is 1. The Morgan fingerprint density at radius 2 is 1.59 bits per heavy atom. The molecule has 0 aliphatic carbocycles. The van der Waals surface area contributed by atoms with E-state index in [1.807, 2.05) is 60.7 Å². The predicted octanol–water partition coefficient (Wildman–Crippen LogP) is 3.56. The molecule has 1 saturated heterocycles. The first-order valence-electron chi connectivity index (χ1n) is 12.5. The number of carbonyl (C=O) groups is 4. The predicted molar refractivity (Wildman–Crippen MR) is 142 cm³/mol. The smallest absolute Gasteiger partial charge is 0.410 e. The lowest BCUT2D eigenvalue weighted by molar-refractivity contribution is -0.128. The first kappa shape index (κ1) is 27.3. The summed E-state index contributed by atoms with van der Waals surface area (Å²) in [6.45, 7) is 1.57. The molecule has 0 saturated carbocycles. The zero-order chi connectivity index (χ0) is 27.8. The molecule has 0 bridgehead atoms. The van der Waals surface area contributed by atoms with Crippen LogP contribution in [-0.4, -0.2) is 59.3 Å². The number of piperazine rings is 1. The summed E-state index contributed by atoms with van der Waals surface area (Å²) in [4.78, 5) is 53.7. The van der Waals surface area contributed by atoms with Gasteiger partial charge >= 0.3 is 6.09 Å². The van der Waals surface area contributed by atoms with Gasteiger partial charge in [0.2, 0.25) is 11.8 Å². The first-order chi connectivity index (χ1) is 18.8. The van der Waals surface area contributed by atoms with Gasteiger partial charge in [0.25, 0.3) is 5.91 Å². The molecule has 3 aromatic carbocycles. The molecule has 202 valence electrons. The molecule has 10 heteroatoms. The second-order valence-electron chi connectivity index (χ2n) is 9.11. The standard InChI is InChI=1S/C29H29FN4O5/c1-20(35)32-25-15-23(14-24(30)16-25)28(37)33-12-13-34(29(38)39-19-22-10-6-3-7-11-22)26(18-33)27(36)31-17-21-8-4-2-5-9-21/h2-11,14-16,26H,12-13,17-19H2,1H3,(H,31,36)(H,32,35). The first-order valence-corrected chi connectivity index (χ1v) is 12.5. The summed E-state index contributed by atoms with van der Waals surface area (Å²) in [6, 6.07) is 21.0. The van der Waals surface area contributed by atoms with Gasteiger partial charge in [-0.15, -0.1) is 0 Å². The molecule has 0 radical (unpaired) electrons. The fraction of sp³-hybridized carbons (Fsp3) is 0.241. The molecule has 39 heavy (non-hydrogen) atoms. The molecule has 1 heterocycles. The quantitative estimate of drug-likeness (QED) is 0.484. The van der Waals surface area contributed by atoms with Crippen molar-refractivity contribution in [2.24, 2.45) is 0 Å². The zero-order valence-electron chi connectivity index (χ0n) is 21.4. The highest BCUT2D eigenvalue weighted by molar-refractivity contribution is 5.97. The van der Waals surface area contributed by atoms with Crippen molar-refractivity contribution in [3.05, 3.63) is 101 Å². The van der Waals surface area contributed by atoms with Gasteiger partial charge in [0, 0.05) is 37.8 Å². The van der Waals surface area contributed by atoms with Crippen LogP contribution in [0.5, 0.6) is 0 Å². The second-order valence-corrected chi connectivity index (χ2v) is 9.11. The number of ether oxygens (including phenoxy) is 1. The maximum absolute atomic E-state index is 14.2. The van der Waals surface area contributed by atoms with E-state index in [1.165, 1.54) is 22.8 Å². The highest BCUT2D eigenvalue weighted by Crippen LogP contribution is 2.20. The highest BCUT2D eigenvalue weighted by atomic mass is 19.1. The molecule has 1 aliphatic rings. The minimum Gasteiger partial charge on any atom is -0.445 e. The van der Waals surface area contributed by atoms with Crippen LogP contribution in [-0.2, 0) is 27.5 Å². The number of halogens is 1. The molecule has 1 unspecified atom stereocenters. The number of benzene rings is 3. The minimum absolute atomic E-state index is 0.0160. The SMILES string of the molecule is CC(=O)Nc1cc(F)cc(C(=O)N2CCN(C(=O)OCc3ccccc3)C(C(=O)NCc3ccccc3)C2)c1. The Kier molecular flexibility index (Phi) is 8.88. The highest BCUT2D eigenvalue weighted by Gasteiger charge is 2.38. The molecule has 9 nitrogen and oxygen atoms in total. The van der Waals surface area contributed by atoms with Crippen molar-refractivity contribution in [3.8, 4) is 0 Å². The lowest BCUT2D eigenvalue weighted by Gasteiger charge is -2.39. The van der Waals surface area contributed by atoms with Gasteiger partial charge in [-0.3, -0.25) is 19.3 Å². The molecule has 1 atom stereocenters. The van der Waals surface area contributed by atoms with Crippen LogP contribution in [0.15, 0.2) is 78.9 Å². The Bertz CT molecular complexity index is 1340. The molecule has 1 fully saturated rings. The lowest BCUT2D eigenvalue weighted by atomic mass is 10.1. The Balaban J connectivity index is 1.50. The van der Waals surface area contributed by atoms with Gasteiger partial charge in [0.15, 0.2) is 0 Å². The third kappa shape index (κ3) is 7.41. The zero-order valence-corrected chi connectivity index (χ0v) is 21.4. The Morgan fingerprint density at radius 1 is 0.923 bits per heavy atom. The second kappa shape index (κ2) is 12.7. The number of nitrogens with zero attached hydrogens (tertiary/aromatic N) is 2. The number of hydrogen-bond acceptors (Lipinski definition) is 5. The van der Waals surface area contributed by atoms with E-state index in [0.29, 0.717) is 0 Å². The van der Waals surface area contributed by atoms with E-state index in [2.05, 4.69) is 10.6 Å². The van der Waals surface area contributed by atoms with Crippen molar-refractivity contribution in [1.82, 2.24) is 15.1 Å². The number of carbonyl (C=O) groups excluding carboxylic acids is 4. The third-order valence-corrected chi connectivity index (χ3v) is 6.18. The van der Waals surface area contributed by atoms with Crippen molar-refractivity contribution >= 4 is 29.5 Å². The summed E-state index contributed by atoms with van der Waals surface area (Å²) in [5.41, 5.74) is 1.83. The van der Waals surface area contributed by atoms with Crippen molar-refractivity contribution in [3.63, 3.8) is 0 Å². The molecule has 4 amide bonds. The fourth-order valence-corrected chi connectivity index (χ4v) is 4.29. The van der Waals surface area contributed by atoms with E-state index in [1.54, 1.807) is 0 Å². The van der Waals surface area contributed by atoms with E-state index < -0.39 is 35.7 Å². The molecule has 3 aromatic rings. The van der Waals surface area contributed by atoms with Crippen LogP contribution in [0.3, 0.4) is 0 Å². The lowest BCUT2D eigenvalue weighted by Crippen LogP contribution is -2.61. The van der Waals surface area contributed by atoms with Crippen LogP contribution in [0.25, 0.3) is 0 Å². The third-order valence-electron chi connectivity index (χ3n) is 6.18. The normalized spacial score (nSPS) is 14.9. The summed E-state index contributed by atoms with van der Waals surface area (Å²) < 4.78 is 19.7. The molecule has 1 aliphatic heterocycles. The van der Waals surface area contributed by atoms with Crippen LogP contribution >= 0.6 is 0 Å². The van der Waals surface area contributed by atoms with E-state index >= 15 is 0 Å². The van der Waals surface area contributed by atoms with Crippen molar-refractivity contribution < 1.29 is 28.3 Å². The van der Waals surface area contributed by atoms with Gasteiger partial charge < -0.3 is 20.3 Å². The fourth-order valence-electron chi connectivity index (χ4n) is 4.29. The van der Waals surface area contributed by atoms with Gasteiger partial charge in [-0.25, -0.2) is 9.18 Å². The Labute approximate surface area is 225 Å². The Morgan fingerprint density at radius 3 is 2.26 bits per heavy atom. The van der Waals surface area contributed by atoms with E-state index in [9.17, 15) is 23.6 Å². The monoisotopic (exact) mass is 532 g/mol. The molecule has 0 spiro atoms. The largest absolute Gasteiger partial charge is 0.445 e. The summed E-state index contributed by atoms with van der Waals surface area (Å²) in [6.07, 6.45) is -0.676. The summed E-state index contributed by atoms with van der Waals surface area (Å²) in [7, 11) is 0. The van der Waals surface area contributed by atoms with Crippen LogP contribution < -0.4 is 10.6 Å². The molecule has 2 N–H and O–H groups in total. The number of rotatable bonds is 7. The van der Waals surface area contributed by atoms with Gasteiger partial charge in [-0.1, -0.05) is 60.7 Å². The molecule has 4 rings (SSSR count). The van der Waals surface area contributed by atoms with Crippen LogP contribution in [0.4, 0.5) is 14.9 Å². The molecular formula is C29H29FN4O5. The molecular weight excluding hydrogens is 503 g/mol. The van der Waals surface area contributed by atoms with Crippen molar-refractivity contribution in [1.29, 1.82) is 0 Å². The summed E-state index contributed by atoms with van der Waals surface area (Å²) in [5, 5.41) is 5.30. The number of hydrogen-bond donors (Lipinski definition) is 2. The van der Waals surface area contributed by atoms with Gasteiger partial charge in [0.05, 0.1) is 6.54 Å². The van der Waals surface area contributed by atoms with Gasteiger partial charge in [-0.05, 0) is 29.3 Å². The maximum atomic E-state index is 14.2. The van der Waals surface area contributed by atoms with E-state index in [0.717, 1.165) is 23.3 Å². The summed E-state index contributed by atoms with van der Waals surface area (Å²) in [5.74, 6) is -2.08. The topological polar surface area (TPSA) is 108 Å². The average molecular weight is 533 g/mol. The maximum Gasteiger partial charge on any atom is 0.410 e. The average Bonchev–Trinajstić information content (AvgIpc) is 2.94. The van der Waals surface area contributed by atoms with Crippen LogP contribution in [0, 0.1) is 5.82 Å². The van der Waals surface area contributed by atoms with E-state index in [4.69, 9.17) is 4.74 Å².